The van der Waals surface area contributed by atoms with Crippen molar-refractivity contribution in [2.24, 2.45) is 0 Å². The van der Waals surface area contributed by atoms with Crippen LogP contribution in [0.3, 0.4) is 0 Å². The van der Waals surface area contributed by atoms with Crippen LogP contribution in [0, 0.1) is 20.8 Å². The van der Waals surface area contributed by atoms with Crippen LogP contribution in [0.25, 0.3) is 0 Å². The average Bonchev–Trinajstić information content (AvgIpc) is 3.17. The lowest BCUT2D eigenvalue weighted by atomic mass is 10.1. The highest BCUT2D eigenvalue weighted by Crippen LogP contribution is 2.25. The summed E-state index contributed by atoms with van der Waals surface area (Å²) in [6.07, 6.45) is 1.03. The molecule has 3 rings (SSSR count). The SMILES string of the molecule is COc1ccc(C)c(CN[C@@H]2CCN(c3nc(C(=O)N(C)C)nc(C)c3C)C2)c1. The summed E-state index contributed by atoms with van der Waals surface area (Å²) in [6.45, 7) is 8.64. The maximum absolute atomic E-state index is 12.3. The molecule has 1 aromatic carbocycles. The van der Waals surface area contributed by atoms with E-state index in [1.54, 1.807) is 21.2 Å². The van der Waals surface area contributed by atoms with Crippen LogP contribution in [-0.2, 0) is 6.54 Å². The van der Waals surface area contributed by atoms with Gasteiger partial charge in [0.2, 0.25) is 5.82 Å². The molecule has 0 bridgehead atoms. The van der Waals surface area contributed by atoms with E-state index in [1.807, 2.05) is 19.9 Å². The van der Waals surface area contributed by atoms with Crippen LogP contribution in [0.15, 0.2) is 18.2 Å². The topological polar surface area (TPSA) is 70.6 Å². The van der Waals surface area contributed by atoms with Gasteiger partial charge >= 0.3 is 0 Å². The molecule has 1 fully saturated rings. The Balaban J connectivity index is 1.70. The monoisotopic (exact) mass is 397 g/mol. The van der Waals surface area contributed by atoms with Crippen LogP contribution in [-0.4, -0.2) is 61.1 Å². The Labute approximate surface area is 173 Å². The molecular weight excluding hydrogens is 366 g/mol. The molecule has 0 unspecified atom stereocenters. The van der Waals surface area contributed by atoms with Crippen molar-refractivity contribution in [2.45, 2.75) is 39.8 Å². The fourth-order valence-corrected chi connectivity index (χ4v) is 3.56. The maximum atomic E-state index is 12.3. The molecule has 0 saturated carbocycles. The zero-order valence-corrected chi connectivity index (χ0v) is 18.2. The Bertz CT molecular complexity index is 897. The summed E-state index contributed by atoms with van der Waals surface area (Å²) < 4.78 is 5.35. The number of aromatic nitrogens is 2. The lowest BCUT2D eigenvalue weighted by Gasteiger charge is -2.22. The molecule has 7 heteroatoms. The number of carbonyl (C=O) groups is 1. The molecular formula is C22H31N5O2. The van der Waals surface area contributed by atoms with Gasteiger partial charge in [0, 0.05) is 51.0 Å². The predicted molar refractivity (Wildman–Crippen MR) is 115 cm³/mol. The lowest BCUT2D eigenvalue weighted by molar-refractivity contribution is 0.0815. The van der Waals surface area contributed by atoms with Gasteiger partial charge in [-0.3, -0.25) is 4.79 Å². The van der Waals surface area contributed by atoms with Crippen molar-refractivity contribution < 1.29 is 9.53 Å². The second-order valence-corrected chi connectivity index (χ2v) is 7.89. The summed E-state index contributed by atoms with van der Waals surface area (Å²) >= 11 is 0. The molecule has 1 N–H and O–H groups in total. The molecule has 1 aliphatic heterocycles. The fraction of sp³-hybridized carbons (Fsp3) is 0.500. The van der Waals surface area contributed by atoms with Gasteiger partial charge in [-0.15, -0.1) is 0 Å². The largest absolute Gasteiger partial charge is 0.497 e. The highest BCUT2D eigenvalue weighted by Gasteiger charge is 2.26. The van der Waals surface area contributed by atoms with E-state index in [1.165, 1.54) is 16.0 Å². The Morgan fingerprint density at radius 1 is 1.28 bits per heavy atom. The van der Waals surface area contributed by atoms with Crippen LogP contribution in [0.1, 0.15) is 39.4 Å². The van der Waals surface area contributed by atoms with E-state index in [0.29, 0.717) is 6.04 Å². The first-order valence-electron chi connectivity index (χ1n) is 9.99. The minimum Gasteiger partial charge on any atom is -0.497 e. The normalized spacial score (nSPS) is 16.2. The van der Waals surface area contributed by atoms with E-state index in [-0.39, 0.29) is 11.7 Å². The second kappa shape index (κ2) is 8.78. The van der Waals surface area contributed by atoms with E-state index >= 15 is 0 Å². The molecule has 7 nitrogen and oxygen atoms in total. The van der Waals surface area contributed by atoms with Gasteiger partial charge in [-0.25, -0.2) is 9.97 Å². The smallest absolute Gasteiger partial charge is 0.291 e. The Morgan fingerprint density at radius 2 is 2.03 bits per heavy atom. The molecule has 1 aliphatic rings. The zero-order valence-electron chi connectivity index (χ0n) is 18.2. The first-order chi connectivity index (χ1) is 13.8. The van der Waals surface area contributed by atoms with Crippen molar-refractivity contribution >= 4 is 11.7 Å². The number of hydrogen-bond acceptors (Lipinski definition) is 6. The summed E-state index contributed by atoms with van der Waals surface area (Å²) in [5, 5.41) is 3.66. The van der Waals surface area contributed by atoms with Gasteiger partial charge in [-0.1, -0.05) is 6.07 Å². The van der Waals surface area contributed by atoms with Crippen molar-refractivity contribution in [1.29, 1.82) is 0 Å². The van der Waals surface area contributed by atoms with Crippen molar-refractivity contribution in [3.05, 3.63) is 46.4 Å². The van der Waals surface area contributed by atoms with Gasteiger partial charge in [-0.05, 0) is 50.5 Å². The number of benzene rings is 1. The number of carbonyl (C=O) groups excluding carboxylic acids is 1. The van der Waals surface area contributed by atoms with Crippen molar-refractivity contribution in [3.8, 4) is 5.75 Å². The number of hydrogen-bond donors (Lipinski definition) is 1. The third-order valence-electron chi connectivity index (χ3n) is 5.59. The minimum absolute atomic E-state index is 0.170. The molecule has 1 atom stereocenters. The van der Waals surface area contributed by atoms with Gasteiger partial charge in [0.15, 0.2) is 0 Å². The fourth-order valence-electron chi connectivity index (χ4n) is 3.56. The summed E-state index contributed by atoms with van der Waals surface area (Å²) in [7, 11) is 5.13. The molecule has 2 heterocycles. The van der Waals surface area contributed by atoms with Gasteiger partial charge in [0.1, 0.15) is 11.6 Å². The highest BCUT2D eigenvalue weighted by atomic mass is 16.5. The average molecular weight is 398 g/mol. The maximum Gasteiger partial charge on any atom is 0.291 e. The number of methoxy groups -OCH3 is 1. The van der Waals surface area contributed by atoms with E-state index in [2.05, 4.69) is 39.2 Å². The zero-order chi connectivity index (χ0) is 21.1. The number of aryl methyl sites for hydroxylation is 2. The molecule has 0 spiro atoms. The van der Waals surface area contributed by atoms with Crippen molar-refractivity contribution in [1.82, 2.24) is 20.2 Å². The summed E-state index contributed by atoms with van der Waals surface area (Å²) in [5.41, 5.74) is 4.38. The van der Waals surface area contributed by atoms with Gasteiger partial charge in [0.05, 0.1) is 7.11 Å². The molecule has 1 amide bonds. The third-order valence-corrected chi connectivity index (χ3v) is 5.59. The van der Waals surface area contributed by atoms with E-state index < -0.39 is 0 Å². The summed E-state index contributed by atoms with van der Waals surface area (Å²) in [5.74, 6) is 1.84. The van der Waals surface area contributed by atoms with Gasteiger partial charge in [0.25, 0.3) is 5.91 Å². The first-order valence-corrected chi connectivity index (χ1v) is 9.99. The number of amides is 1. The molecule has 29 heavy (non-hydrogen) atoms. The molecule has 0 radical (unpaired) electrons. The number of nitrogens with zero attached hydrogens (tertiary/aromatic N) is 4. The standard InChI is InChI=1S/C22H31N5O2/c1-14-7-8-19(29-6)11-17(14)12-23-18-9-10-27(13-18)21-15(2)16(3)24-20(25-21)22(28)26(4)5/h7-8,11,18,23H,9-10,12-13H2,1-6H3/t18-/m1/s1. The van der Waals surface area contributed by atoms with Crippen LogP contribution >= 0.6 is 0 Å². The first kappa shape index (κ1) is 21.0. The second-order valence-electron chi connectivity index (χ2n) is 7.89. The van der Waals surface area contributed by atoms with Gasteiger partial charge in [-0.2, -0.15) is 0 Å². The molecule has 2 aromatic rings. The van der Waals surface area contributed by atoms with Crippen LogP contribution < -0.4 is 15.0 Å². The van der Waals surface area contributed by atoms with Crippen molar-refractivity contribution in [2.75, 3.05) is 39.2 Å². The Kier molecular flexibility index (Phi) is 6.37. The van der Waals surface area contributed by atoms with E-state index in [4.69, 9.17) is 4.74 Å². The van der Waals surface area contributed by atoms with Crippen LogP contribution in [0.4, 0.5) is 5.82 Å². The molecule has 156 valence electrons. The number of ether oxygens (including phenoxy) is 1. The third kappa shape index (κ3) is 4.67. The highest BCUT2D eigenvalue weighted by molar-refractivity contribution is 5.90. The predicted octanol–water partition coefficient (Wildman–Crippen LogP) is 2.48. The Hall–Kier alpha value is -2.67. The number of nitrogens with one attached hydrogen (secondary N) is 1. The van der Waals surface area contributed by atoms with Crippen LogP contribution in [0.5, 0.6) is 5.75 Å². The van der Waals surface area contributed by atoms with Crippen molar-refractivity contribution in [3.63, 3.8) is 0 Å². The Morgan fingerprint density at radius 3 is 2.72 bits per heavy atom. The summed E-state index contributed by atoms with van der Waals surface area (Å²) in [4.78, 5) is 25.1. The van der Waals surface area contributed by atoms with Crippen LogP contribution in [0.2, 0.25) is 0 Å². The molecule has 0 aliphatic carbocycles. The lowest BCUT2D eigenvalue weighted by Crippen LogP contribution is -2.33. The molecule has 1 saturated heterocycles. The van der Waals surface area contributed by atoms with E-state index in [0.717, 1.165) is 48.9 Å². The van der Waals surface area contributed by atoms with E-state index in [9.17, 15) is 4.79 Å². The number of anilines is 1. The molecule has 1 aromatic heterocycles. The quantitative estimate of drug-likeness (QED) is 0.808. The number of rotatable bonds is 6. The minimum atomic E-state index is -0.170. The summed E-state index contributed by atoms with van der Waals surface area (Å²) in [6, 6.07) is 6.53. The van der Waals surface area contributed by atoms with Gasteiger partial charge < -0.3 is 19.9 Å².